The van der Waals surface area contributed by atoms with Gasteiger partial charge in [-0.3, -0.25) is 9.48 Å². The summed E-state index contributed by atoms with van der Waals surface area (Å²) in [6, 6.07) is 12.2. The van der Waals surface area contributed by atoms with Crippen molar-refractivity contribution in [1.82, 2.24) is 9.78 Å². The van der Waals surface area contributed by atoms with Gasteiger partial charge < -0.3 is 5.32 Å². The molecule has 1 aliphatic carbocycles. The van der Waals surface area contributed by atoms with Crippen molar-refractivity contribution < 1.29 is 13.2 Å². The Bertz CT molecular complexity index is 1190. The van der Waals surface area contributed by atoms with Gasteiger partial charge in [-0.05, 0) is 49.4 Å². The van der Waals surface area contributed by atoms with E-state index >= 15 is 0 Å². The number of carbonyl (C=O) groups excluding carboxylic acids is 1. The molecule has 0 aliphatic heterocycles. The topological polar surface area (TPSA) is 81.1 Å². The largest absolute Gasteiger partial charge is 0.321 e. The predicted molar refractivity (Wildman–Crippen MR) is 119 cm³/mol. The smallest absolute Gasteiger partial charge is 0.274 e. The van der Waals surface area contributed by atoms with Crippen LogP contribution >= 0.6 is 0 Å². The number of hydrogen-bond acceptors (Lipinski definition) is 4. The van der Waals surface area contributed by atoms with Crippen LogP contribution in [0.25, 0.3) is 10.9 Å². The zero-order valence-corrected chi connectivity index (χ0v) is 18.2. The van der Waals surface area contributed by atoms with E-state index in [2.05, 4.69) is 5.32 Å². The van der Waals surface area contributed by atoms with Crippen LogP contribution in [0.1, 0.15) is 48.2 Å². The molecule has 0 spiro atoms. The van der Waals surface area contributed by atoms with E-state index in [1.165, 1.54) is 31.4 Å². The van der Waals surface area contributed by atoms with E-state index in [0.29, 0.717) is 17.3 Å². The van der Waals surface area contributed by atoms with Gasteiger partial charge in [0, 0.05) is 23.9 Å². The summed E-state index contributed by atoms with van der Waals surface area (Å²) in [5, 5.41) is 8.49. The Kier molecular flexibility index (Phi) is 5.64. The average molecular weight is 426 g/mol. The van der Waals surface area contributed by atoms with E-state index in [4.69, 9.17) is 5.10 Å². The molecule has 0 radical (unpaired) electrons. The minimum Gasteiger partial charge on any atom is -0.321 e. The molecule has 7 heteroatoms. The number of nitrogens with one attached hydrogen (secondary N) is 1. The van der Waals surface area contributed by atoms with Crippen LogP contribution in [-0.4, -0.2) is 30.4 Å². The molecular formula is C23H27N3O3S. The summed E-state index contributed by atoms with van der Waals surface area (Å²) in [5.74, 6) is 0.248. The van der Waals surface area contributed by atoms with Crippen molar-refractivity contribution in [3.05, 3.63) is 53.7 Å². The van der Waals surface area contributed by atoms with Gasteiger partial charge in [0.1, 0.15) is 5.69 Å². The highest BCUT2D eigenvalue weighted by molar-refractivity contribution is 7.90. The number of benzene rings is 2. The van der Waals surface area contributed by atoms with Crippen LogP contribution in [-0.2, 0) is 16.4 Å². The molecule has 2 aromatic carbocycles. The molecule has 0 bridgehead atoms. The number of carbonyl (C=O) groups is 1. The quantitative estimate of drug-likeness (QED) is 0.649. The van der Waals surface area contributed by atoms with Crippen molar-refractivity contribution in [3.63, 3.8) is 0 Å². The first-order valence-corrected chi connectivity index (χ1v) is 12.3. The lowest BCUT2D eigenvalue weighted by atomic mass is 9.89. The number of rotatable bonds is 5. The first-order chi connectivity index (χ1) is 14.3. The second-order valence-corrected chi connectivity index (χ2v) is 10.3. The molecule has 4 rings (SSSR count). The third-order valence-corrected chi connectivity index (χ3v) is 6.97. The first kappa shape index (κ1) is 20.6. The van der Waals surface area contributed by atoms with Gasteiger partial charge in [0.2, 0.25) is 0 Å². The summed E-state index contributed by atoms with van der Waals surface area (Å²) in [7, 11) is -3.35. The monoisotopic (exact) mass is 425 g/mol. The van der Waals surface area contributed by atoms with Gasteiger partial charge in [-0.25, -0.2) is 8.42 Å². The van der Waals surface area contributed by atoms with Crippen molar-refractivity contribution in [2.75, 3.05) is 11.6 Å². The van der Waals surface area contributed by atoms with Crippen molar-refractivity contribution in [2.45, 2.75) is 50.5 Å². The maximum Gasteiger partial charge on any atom is 0.274 e. The summed E-state index contributed by atoms with van der Waals surface area (Å²) in [4.78, 5) is 13.5. The van der Waals surface area contributed by atoms with Crippen LogP contribution in [0.4, 0.5) is 5.69 Å². The molecule has 0 atom stereocenters. The van der Waals surface area contributed by atoms with Gasteiger partial charge in [-0.1, -0.05) is 43.5 Å². The molecule has 0 unspecified atom stereocenters. The summed E-state index contributed by atoms with van der Waals surface area (Å²) in [6.07, 6.45) is 7.21. The molecule has 158 valence electrons. The molecular weight excluding hydrogens is 398 g/mol. The SMILES string of the molecule is Cc1cccc2c(C(=O)Nc3cccc(S(C)(=O)=O)c3)n(CC3CCCCC3)nc12. The Hall–Kier alpha value is -2.67. The van der Waals surface area contributed by atoms with E-state index in [9.17, 15) is 13.2 Å². The molecule has 1 aromatic heterocycles. The lowest BCUT2D eigenvalue weighted by molar-refractivity contribution is 0.101. The van der Waals surface area contributed by atoms with E-state index in [1.54, 1.807) is 12.1 Å². The van der Waals surface area contributed by atoms with Crippen LogP contribution in [0.3, 0.4) is 0 Å². The standard InChI is InChI=1S/C23H27N3O3S/c1-16-8-6-13-20-21(16)25-26(15-17-9-4-3-5-10-17)22(20)23(27)24-18-11-7-12-19(14-18)30(2,28)29/h6-8,11-14,17H,3-5,9-10,15H2,1-2H3,(H,24,27). The van der Waals surface area contributed by atoms with Crippen molar-refractivity contribution in [1.29, 1.82) is 0 Å². The number of nitrogens with zero attached hydrogens (tertiary/aromatic N) is 2. The molecule has 1 saturated carbocycles. The number of amides is 1. The van der Waals surface area contributed by atoms with Gasteiger partial charge in [0.05, 0.1) is 10.4 Å². The van der Waals surface area contributed by atoms with Crippen LogP contribution in [0.2, 0.25) is 0 Å². The van der Waals surface area contributed by atoms with Gasteiger partial charge in [-0.2, -0.15) is 5.10 Å². The van der Waals surface area contributed by atoms with Gasteiger partial charge >= 0.3 is 0 Å². The zero-order chi connectivity index (χ0) is 21.3. The van der Waals surface area contributed by atoms with E-state index in [0.717, 1.165) is 42.1 Å². The normalized spacial score (nSPS) is 15.4. The minimum absolute atomic E-state index is 0.178. The predicted octanol–water partition coefficient (Wildman–Crippen LogP) is 4.58. The Morgan fingerprint density at radius 2 is 1.87 bits per heavy atom. The number of aryl methyl sites for hydroxylation is 1. The highest BCUT2D eigenvalue weighted by atomic mass is 32.2. The number of sulfone groups is 1. The van der Waals surface area contributed by atoms with Crippen LogP contribution in [0.5, 0.6) is 0 Å². The Morgan fingerprint density at radius 3 is 2.60 bits per heavy atom. The summed E-state index contributed by atoms with van der Waals surface area (Å²) < 4.78 is 25.6. The van der Waals surface area contributed by atoms with Gasteiger partial charge in [0.15, 0.2) is 9.84 Å². The molecule has 1 amide bonds. The minimum atomic E-state index is -3.35. The van der Waals surface area contributed by atoms with Crippen LogP contribution < -0.4 is 5.32 Å². The van der Waals surface area contributed by atoms with Crippen LogP contribution in [0, 0.1) is 12.8 Å². The number of aromatic nitrogens is 2. The van der Waals surface area contributed by atoms with E-state index < -0.39 is 9.84 Å². The maximum atomic E-state index is 13.3. The van der Waals surface area contributed by atoms with E-state index in [-0.39, 0.29) is 10.8 Å². The van der Waals surface area contributed by atoms with Crippen molar-refractivity contribution >= 4 is 32.3 Å². The fourth-order valence-electron chi connectivity index (χ4n) is 4.27. The second-order valence-electron chi connectivity index (χ2n) is 8.26. The molecule has 0 saturated heterocycles. The number of hydrogen-bond donors (Lipinski definition) is 1. The third kappa shape index (κ3) is 4.26. The maximum absolute atomic E-state index is 13.3. The Labute approximate surface area is 177 Å². The Morgan fingerprint density at radius 1 is 1.13 bits per heavy atom. The first-order valence-electron chi connectivity index (χ1n) is 10.4. The molecule has 1 N–H and O–H groups in total. The molecule has 1 fully saturated rings. The highest BCUT2D eigenvalue weighted by Gasteiger charge is 2.23. The zero-order valence-electron chi connectivity index (χ0n) is 17.4. The molecule has 6 nitrogen and oxygen atoms in total. The highest BCUT2D eigenvalue weighted by Crippen LogP contribution is 2.28. The van der Waals surface area contributed by atoms with Crippen molar-refractivity contribution in [2.24, 2.45) is 5.92 Å². The van der Waals surface area contributed by atoms with Crippen LogP contribution in [0.15, 0.2) is 47.4 Å². The lowest BCUT2D eigenvalue weighted by Gasteiger charge is -2.22. The molecule has 3 aromatic rings. The van der Waals surface area contributed by atoms with Gasteiger partial charge in [0.25, 0.3) is 5.91 Å². The third-order valence-electron chi connectivity index (χ3n) is 5.86. The summed E-state index contributed by atoms with van der Waals surface area (Å²) >= 11 is 0. The molecule has 1 aliphatic rings. The molecule has 30 heavy (non-hydrogen) atoms. The fourth-order valence-corrected chi connectivity index (χ4v) is 4.94. The average Bonchev–Trinajstić information content (AvgIpc) is 3.08. The fraction of sp³-hybridized carbons (Fsp3) is 0.391. The lowest BCUT2D eigenvalue weighted by Crippen LogP contribution is -2.22. The number of anilines is 1. The van der Waals surface area contributed by atoms with E-state index in [1.807, 2.05) is 29.8 Å². The van der Waals surface area contributed by atoms with Crippen molar-refractivity contribution in [3.8, 4) is 0 Å². The molecule has 1 heterocycles. The second kappa shape index (κ2) is 8.22. The number of fused-ring (bicyclic) bond motifs is 1. The van der Waals surface area contributed by atoms with Gasteiger partial charge in [-0.15, -0.1) is 0 Å². The Balaban J connectivity index is 1.70. The summed E-state index contributed by atoms with van der Waals surface area (Å²) in [6.45, 7) is 2.72. The summed E-state index contributed by atoms with van der Waals surface area (Å²) in [5.41, 5.74) is 2.85.